The molecule has 0 bridgehead atoms. The highest BCUT2D eigenvalue weighted by atomic mass is 19.1. The van der Waals surface area contributed by atoms with Gasteiger partial charge in [-0.3, -0.25) is 24.6 Å². The number of ether oxygens (including phenoxy) is 1. The highest BCUT2D eigenvalue weighted by molar-refractivity contribution is 6.00. The second kappa shape index (κ2) is 17.4. The van der Waals surface area contributed by atoms with Gasteiger partial charge in [0.1, 0.15) is 17.3 Å². The summed E-state index contributed by atoms with van der Waals surface area (Å²) in [5.74, 6) is 0.0698. The number of aryl methyl sites for hydroxylation is 1. The van der Waals surface area contributed by atoms with Crippen LogP contribution in [0.15, 0.2) is 60.8 Å². The number of aromatic nitrogens is 3. The molecule has 2 aromatic heterocycles. The van der Waals surface area contributed by atoms with Gasteiger partial charge in [-0.2, -0.15) is 5.10 Å². The number of hydrogen-bond donors (Lipinski definition) is 3. The number of nitrogens with one attached hydrogen (secondary N) is 2. The number of carbonyl (C=O) groups excluding carboxylic acids is 2. The van der Waals surface area contributed by atoms with E-state index >= 15 is 0 Å². The molecule has 9 nitrogen and oxygen atoms in total. The summed E-state index contributed by atoms with van der Waals surface area (Å²) in [5, 5.41) is 11.4. The number of fused-ring (bicyclic) bond motifs is 1. The van der Waals surface area contributed by atoms with Gasteiger partial charge in [-0.05, 0) is 88.2 Å². The summed E-state index contributed by atoms with van der Waals surface area (Å²) < 4.78 is 17.0. The van der Waals surface area contributed by atoms with Gasteiger partial charge in [0, 0.05) is 40.0 Å². The molecule has 1 fully saturated rings. The van der Waals surface area contributed by atoms with Gasteiger partial charge < -0.3 is 15.8 Å². The molecule has 0 spiro atoms. The molecule has 4 aromatic rings. The number of rotatable bonds is 12. The molecule has 1 aliphatic carbocycles. The lowest BCUT2D eigenvalue weighted by Gasteiger charge is -2.29. The Bertz CT molecular complexity index is 1560. The molecular formula is C36H49FN6O3. The molecule has 248 valence electrons. The first-order chi connectivity index (χ1) is 22.1. The zero-order valence-electron chi connectivity index (χ0n) is 28.0. The van der Waals surface area contributed by atoms with Crippen LogP contribution in [0.5, 0.6) is 5.75 Å². The summed E-state index contributed by atoms with van der Waals surface area (Å²) in [6, 6.07) is 15.3. The summed E-state index contributed by atoms with van der Waals surface area (Å²) in [5.41, 5.74) is 9.65. The summed E-state index contributed by atoms with van der Waals surface area (Å²) in [4.78, 5) is 30.1. The lowest BCUT2D eigenvalue weighted by atomic mass is 10.0. The standard InChI is InChI=1S/C16H16N4O.C13H26N2O.C7H7FO/c1-2-3-12-8-10(6-7-18-12)15-13-9-11(16(17)21)4-5-14(13)19-20-15;1-5-8-11(15(6-2)7-3)12(16)14-13(4)9-10-13;1-9-7-4-2-3-6(8)5-7/h4-9H,2-3H2,1H3,(H2,17,21)(H,19,20);11H,5-10H2,1-4H3,(H,14,16);2-5H,1H3. The van der Waals surface area contributed by atoms with Crippen LogP contribution in [-0.4, -0.2) is 63.7 Å². The van der Waals surface area contributed by atoms with E-state index in [2.05, 4.69) is 60.0 Å². The van der Waals surface area contributed by atoms with Gasteiger partial charge in [-0.1, -0.05) is 46.6 Å². The fraction of sp³-hybridized carbons (Fsp3) is 0.444. The molecule has 46 heavy (non-hydrogen) atoms. The number of pyridine rings is 1. The molecule has 2 heterocycles. The molecule has 0 radical (unpaired) electrons. The van der Waals surface area contributed by atoms with Crippen LogP contribution in [0.3, 0.4) is 0 Å². The minimum atomic E-state index is -0.439. The maximum absolute atomic E-state index is 12.3. The SMILES string of the molecule is CCCC(C(=O)NC1(C)CC1)N(CC)CC.CCCc1cc(-c2n[nH]c3ccc(C(N)=O)cc23)ccn1.COc1cccc(F)c1. The Morgan fingerprint density at radius 2 is 1.80 bits per heavy atom. The van der Waals surface area contributed by atoms with Crippen molar-refractivity contribution >= 4 is 22.7 Å². The van der Waals surface area contributed by atoms with Crippen molar-refractivity contribution < 1.29 is 18.7 Å². The Balaban J connectivity index is 0.000000204. The number of H-pyrrole nitrogens is 1. The van der Waals surface area contributed by atoms with Crippen LogP contribution in [0.2, 0.25) is 0 Å². The van der Waals surface area contributed by atoms with Crippen LogP contribution < -0.4 is 15.8 Å². The number of primary amides is 1. The number of halogens is 1. The number of hydrogen-bond acceptors (Lipinski definition) is 6. The predicted molar refractivity (Wildman–Crippen MR) is 182 cm³/mol. The van der Waals surface area contributed by atoms with Crippen LogP contribution in [-0.2, 0) is 11.2 Å². The van der Waals surface area contributed by atoms with Crippen LogP contribution in [0.25, 0.3) is 22.2 Å². The lowest BCUT2D eigenvalue weighted by Crippen LogP contribution is -2.49. The van der Waals surface area contributed by atoms with E-state index in [9.17, 15) is 14.0 Å². The van der Waals surface area contributed by atoms with Crippen molar-refractivity contribution in [2.45, 2.75) is 84.7 Å². The van der Waals surface area contributed by atoms with E-state index in [4.69, 9.17) is 10.5 Å². The molecule has 1 aliphatic rings. The van der Waals surface area contributed by atoms with E-state index in [-0.39, 0.29) is 23.3 Å². The van der Waals surface area contributed by atoms with E-state index in [1.165, 1.54) is 19.2 Å². The summed E-state index contributed by atoms with van der Waals surface area (Å²) in [6.45, 7) is 12.5. The van der Waals surface area contributed by atoms with Gasteiger partial charge in [0.15, 0.2) is 0 Å². The number of nitrogens with two attached hydrogens (primary N) is 1. The van der Waals surface area contributed by atoms with Crippen molar-refractivity contribution in [2.24, 2.45) is 5.73 Å². The van der Waals surface area contributed by atoms with E-state index in [0.717, 1.165) is 79.5 Å². The largest absolute Gasteiger partial charge is 0.497 e. The van der Waals surface area contributed by atoms with Gasteiger partial charge in [0.05, 0.1) is 18.7 Å². The Morgan fingerprint density at radius 3 is 2.37 bits per heavy atom. The second-order valence-electron chi connectivity index (χ2n) is 11.7. The van der Waals surface area contributed by atoms with Crippen molar-refractivity contribution in [3.8, 4) is 17.0 Å². The minimum Gasteiger partial charge on any atom is -0.497 e. The highest BCUT2D eigenvalue weighted by Gasteiger charge is 2.40. The van der Waals surface area contributed by atoms with Crippen LogP contribution >= 0.6 is 0 Å². The first kappa shape index (κ1) is 36.2. The third-order valence-electron chi connectivity index (χ3n) is 8.02. The van der Waals surface area contributed by atoms with E-state index in [1.54, 1.807) is 30.5 Å². The third kappa shape index (κ3) is 10.4. The zero-order chi connectivity index (χ0) is 33.7. The summed E-state index contributed by atoms with van der Waals surface area (Å²) >= 11 is 0. The molecule has 5 rings (SSSR count). The number of carbonyl (C=O) groups is 2. The third-order valence-corrected chi connectivity index (χ3v) is 8.02. The molecule has 2 aromatic carbocycles. The summed E-state index contributed by atoms with van der Waals surface area (Å²) in [6.07, 6.45) is 8.06. The van der Waals surface area contributed by atoms with Gasteiger partial charge in [0.25, 0.3) is 0 Å². The quantitative estimate of drug-likeness (QED) is 0.160. The van der Waals surface area contributed by atoms with Gasteiger partial charge in [-0.15, -0.1) is 0 Å². The first-order valence-corrected chi connectivity index (χ1v) is 16.2. The Labute approximate surface area is 272 Å². The van der Waals surface area contributed by atoms with Crippen molar-refractivity contribution in [2.75, 3.05) is 20.2 Å². The molecule has 1 atom stereocenters. The molecule has 0 aliphatic heterocycles. The number of benzene rings is 2. The highest BCUT2D eigenvalue weighted by Crippen LogP contribution is 2.34. The van der Waals surface area contributed by atoms with Crippen molar-refractivity contribution in [1.82, 2.24) is 25.4 Å². The Hall–Kier alpha value is -4.31. The van der Waals surface area contributed by atoms with Crippen molar-refractivity contribution in [1.29, 1.82) is 0 Å². The van der Waals surface area contributed by atoms with Gasteiger partial charge in [0.2, 0.25) is 11.8 Å². The van der Waals surface area contributed by atoms with Crippen LogP contribution in [0.1, 0.15) is 82.8 Å². The van der Waals surface area contributed by atoms with Crippen LogP contribution in [0, 0.1) is 5.82 Å². The minimum absolute atomic E-state index is 0.0671. The molecule has 10 heteroatoms. The van der Waals surface area contributed by atoms with Crippen molar-refractivity contribution in [3.05, 3.63) is 77.9 Å². The van der Waals surface area contributed by atoms with Gasteiger partial charge >= 0.3 is 0 Å². The topological polar surface area (TPSA) is 126 Å². The average molecular weight is 633 g/mol. The van der Waals surface area contributed by atoms with Crippen LogP contribution in [0.4, 0.5) is 4.39 Å². The molecule has 1 unspecified atom stereocenters. The van der Waals surface area contributed by atoms with E-state index in [0.29, 0.717) is 11.3 Å². The number of nitrogens with zero attached hydrogens (tertiary/aromatic N) is 3. The maximum Gasteiger partial charge on any atom is 0.248 e. The number of aromatic amines is 1. The second-order valence-corrected chi connectivity index (χ2v) is 11.7. The Kier molecular flexibility index (Phi) is 13.7. The monoisotopic (exact) mass is 632 g/mol. The molecule has 4 N–H and O–H groups in total. The lowest BCUT2D eigenvalue weighted by molar-refractivity contribution is -0.127. The molecule has 1 saturated carbocycles. The zero-order valence-corrected chi connectivity index (χ0v) is 28.0. The number of likely N-dealkylation sites (N-methyl/N-ethyl adjacent to an activating group) is 1. The fourth-order valence-corrected chi connectivity index (χ4v) is 5.11. The molecule has 2 amide bonds. The van der Waals surface area contributed by atoms with E-state index < -0.39 is 5.91 Å². The fourth-order valence-electron chi connectivity index (χ4n) is 5.11. The Morgan fingerprint density at radius 1 is 1.07 bits per heavy atom. The smallest absolute Gasteiger partial charge is 0.248 e. The van der Waals surface area contributed by atoms with Gasteiger partial charge in [-0.25, -0.2) is 4.39 Å². The van der Waals surface area contributed by atoms with Crippen molar-refractivity contribution in [3.63, 3.8) is 0 Å². The molecular weight excluding hydrogens is 583 g/mol. The predicted octanol–water partition coefficient (Wildman–Crippen LogP) is 6.68. The molecule has 0 saturated heterocycles. The van der Waals surface area contributed by atoms with E-state index in [1.807, 2.05) is 18.2 Å². The number of methoxy groups -OCH3 is 1. The normalized spacial score (nSPS) is 13.6. The average Bonchev–Trinajstić information content (AvgIpc) is 3.62. The number of amides is 2. The first-order valence-electron chi connectivity index (χ1n) is 16.2. The summed E-state index contributed by atoms with van der Waals surface area (Å²) in [7, 11) is 1.51. The maximum atomic E-state index is 12.3.